The fourth-order valence-electron chi connectivity index (χ4n) is 12.2. The Kier molecular flexibility index (Phi) is 12.2. The third kappa shape index (κ3) is 8.52. The van der Waals surface area contributed by atoms with Gasteiger partial charge in [0.05, 0.1) is 43.8 Å². The molecule has 9 aromatic carbocycles. The van der Waals surface area contributed by atoms with E-state index in [2.05, 4.69) is 297 Å². The highest BCUT2D eigenvalue weighted by Gasteiger charge is 2.50. The smallest absolute Gasteiger partial charge is 0.145 e. The average Bonchev–Trinajstić information content (AvgIpc) is 4.03. The molecule has 0 amide bonds. The number of rotatable bonds is 10. The minimum Gasteiger partial charge on any atom is -0.455 e. The van der Waals surface area contributed by atoms with Crippen LogP contribution in [-0.4, -0.2) is 21.1 Å². The van der Waals surface area contributed by atoms with Crippen molar-refractivity contribution < 1.29 is 4.42 Å². The van der Waals surface area contributed by atoms with Crippen LogP contribution in [-0.2, 0) is 16.2 Å². The first-order chi connectivity index (χ1) is 37.2. The third-order valence-corrected chi connectivity index (χ3v) is 20.6. The first-order valence-corrected chi connectivity index (χ1v) is 34.8. The first-order valence-electron chi connectivity index (χ1n) is 27.8. The molecule has 0 saturated heterocycles. The Balaban J connectivity index is 1.24. The van der Waals surface area contributed by atoms with Crippen molar-refractivity contribution in [2.45, 2.75) is 97.1 Å². The normalized spacial score (nSPS) is 13.5. The molecule has 0 radical (unpaired) electrons. The maximum Gasteiger partial charge on any atom is 0.145 e. The van der Waals surface area contributed by atoms with Gasteiger partial charge >= 0.3 is 0 Å². The van der Waals surface area contributed by atoms with Crippen molar-refractivity contribution in [3.8, 4) is 11.1 Å². The van der Waals surface area contributed by atoms with Gasteiger partial charge in [0.2, 0.25) is 0 Å². The Morgan fingerprint density at radius 1 is 0.423 bits per heavy atom. The summed E-state index contributed by atoms with van der Waals surface area (Å²) >= 11 is 0. The molecule has 2 aromatic heterocycles. The number of fused-ring (bicyclic) bond motifs is 9. The van der Waals surface area contributed by atoms with E-state index < -0.39 is 21.6 Å². The van der Waals surface area contributed by atoms with Crippen LogP contribution in [0, 0.1) is 0 Å². The SMILES string of the molecule is CC(C)(C)c1ccc(N(c2ccc([Si](C)(C)C)cc2)c2cc3c(c4ncccc24)-c2c(cc(N(c4ccc(C(C)(C)C)cc4)c4ccc([Si](C)(C)C)cc4)c4c2oc2ccccc24)C3(c2ccccc2)c2ccccc2)cc1. The van der Waals surface area contributed by atoms with Gasteiger partial charge < -0.3 is 14.2 Å². The predicted octanol–water partition coefficient (Wildman–Crippen LogP) is 19.1. The van der Waals surface area contributed by atoms with Crippen LogP contribution < -0.4 is 20.2 Å². The van der Waals surface area contributed by atoms with Gasteiger partial charge in [0.25, 0.3) is 0 Å². The topological polar surface area (TPSA) is 32.5 Å². The summed E-state index contributed by atoms with van der Waals surface area (Å²) in [5, 5.41) is 6.04. The van der Waals surface area contributed by atoms with Gasteiger partial charge in [0.1, 0.15) is 11.2 Å². The Hall–Kier alpha value is -7.78. The van der Waals surface area contributed by atoms with Gasteiger partial charge in [0.15, 0.2) is 0 Å². The average molecular weight is 1050 g/mol. The molecular weight excluding hydrogens is 979 g/mol. The summed E-state index contributed by atoms with van der Waals surface area (Å²) < 4.78 is 7.49. The molecule has 0 atom stereocenters. The maximum absolute atomic E-state index is 7.49. The fourth-order valence-corrected chi connectivity index (χ4v) is 14.5. The van der Waals surface area contributed by atoms with Gasteiger partial charge in [0, 0.05) is 50.8 Å². The molecule has 2 heterocycles. The Morgan fingerprint density at radius 3 is 1.31 bits per heavy atom. The Morgan fingerprint density at radius 2 is 0.833 bits per heavy atom. The van der Waals surface area contributed by atoms with Gasteiger partial charge in [-0.2, -0.15) is 0 Å². The van der Waals surface area contributed by atoms with Crippen LogP contribution in [0.1, 0.15) is 74.9 Å². The van der Waals surface area contributed by atoms with Crippen LogP contribution in [0.25, 0.3) is 44.0 Å². The van der Waals surface area contributed by atoms with Gasteiger partial charge in [-0.05, 0) is 123 Å². The van der Waals surface area contributed by atoms with Crippen LogP contribution in [0.2, 0.25) is 39.3 Å². The van der Waals surface area contributed by atoms with Crippen LogP contribution in [0.15, 0.2) is 217 Å². The van der Waals surface area contributed by atoms with Gasteiger partial charge in [-0.15, -0.1) is 0 Å². The summed E-state index contributed by atoms with van der Waals surface area (Å²) in [5.74, 6) is 0. The highest BCUT2D eigenvalue weighted by Crippen LogP contribution is 2.63. The second-order valence-corrected chi connectivity index (χ2v) is 35.8. The van der Waals surface area contributed by atoms with Gasteiger partial charge in [-0.25, -0.2) is 0 Å². The summed E-state index contributed by atoms with van der Waals surface area (Å²) in [7, 11) is -3.25. The number of hydrogen-bond acceptors (Lipinski definition) is 4. The standard InChI is InChI=1S/C72H71N3OSi2/c1-70(2,3)48-29-33-52(34-30-48)74(54-37-41-56(42-38-54)77(7,8)9)62-46-60-66(68-58(62)27-21-45-73-68)67-61(72(60,50-22-15-13-16-23-50)51-24-17-14-18-25-51)47-63(65-59-26-19-20-28-64(59)76-69(65)67)75(53-35-31-49(32-36-53)71(4,5)6)55-39-43-57(44-40-55)78(10,11)12/h13-47H,1-12H3. The van der Waals surface area contributed by atoms with Crippen molar-refractivity contribution in [3.63, 3.8) is 0 Å². The summed E-state index contributed by atoms with van der Waals surface area (Å²) in [5.41, 5.74) is 17.6. The lowest BCUT2D eigenvalue weighted by molar-refractivity contribution is 0.590. The lowest BCUT2D eigenvalue weighted by Crippen LogP contribution is -2.37. The second-order valence-electron chi connectivity index (χ2n) is 25.7. The van der Waals surface area contributed by atoms with E-state index >= 15 is 0 Å². The largest absolute Gasteiger partial charge is 0.455 e. The third-order valence-electron chi connectivity index (χ3n) is 16.4. The van der Waals surface area contributed by atoms with Crippen molar-refractivity contribution in [2.75, 3.05) is 9.80 Å². The monoisotopic (exact) mass is 1050 g/mol. The van der Waals surface area contributed by atoms with Crippen LogP contribution in [0.5, 0.6) is 0 Å². The Labute approximate surface area is 464 Å². The van der Waals surface area contributed by atoms with Crippen molar-refractivity contribution in [2.24, 2.45) is 0 Å². The molecule has 0 aliphatic heterocycles. The quantitative estimate of drug-likeness (QED) is 0.128. The lowest BCUT2D eigenvalue weighted by Gasteiger charge is -2.36. The van der Waals surface area contributed by atoms with E-state index in [1.807, 2.05) is 6.20 Å². The highest BCUT2D eigenvalue weighted by molar-refractivity contribution is 6.89. The van der Waals surface area contributed by atoms with E-state index in [1.54, 1.807) is 0 Å². The zero-order valence-electron chi connectivity index (χ0n) is 47.5. The van der Waals surface area contributed by atoms with E-state index in [4.69, 9.17) is 9.40 Å². The second kappa shape index (κ2) is 18.7. The maximum atomic E-state index is 7.49. The number of nitrogens with zero attached hydrogens (tertiary/aromatic N) is 3. The molecule has 11 aromatic rings. The molecule has 78 heavy (non-hydrogen) atoms. The molecule has 1 aliphatic rings. The van der Waals surface area contributed by atoms with Crippen molar-refractivity contribution >= 4 is 93.5 Å². The molecule has 12 rings (SSSR count). The number of hydrogen-bond donors (Lipinski definition) is 0. The summed E-state index contributed by atoms with van der Waals surface area (Å²) in [6.45, 7) is 28.3. The number of benzene rings is 9. The van der Waals surface area contributed by atoms with Gasteiger partial charge in [-0.1, -0.05) is 219 Å². The van der Waals surface area contributed by atoms with E-state index in [9.17, 15) is 0 Å². The zero-order chi connectivity index (χ0) is 54.5. The van der Waals surface area contributed by atoms with Crippen molar-refractivity contribution in [1.82, 2.24) is 4.98 Å². The highest BCUT2D eigenvalue weighted by atomic mass is 28.3. The lowest BCUT2D eigenvalue weighted by atomic mass is 9.67. The van der Waals surface area contributed by atoms with Crippen LogP contribution in [0.3, 0.4) is 0 Å². The molecule has 4 nitrogen and oxygen atoms in total. The molecular formula is C72H71N3OSi2. The van der Waals surface area contributed by atoms with E-state index in [0.29, 0.717) is 0 Å². The van der Waals surface area contributed by atoms with E-state index in [0.717, 1.165) is 89.2 Å². The number of para-hydroxylation sites is 1. The number of aromatic nitrogens is 1. The molecule has 0 saturated carbocycles. The molecule has 6 heteroatoms. The van der Waals surface area contributed by atoms with Crippen molar-refractivity contribution in [3.05, 3.63) is 246 Å². The zero-order valence-corrected chi connectivity index (χ0v) is 49.5. The minimum atomic E-state index is -1.63. The van der Waals surface area contributed by atoms with Crippen molar-refractivity contribution in [1.29, 1.82) is 0 Å². The number of pyridine rings is 1. The summed E-state index contributed by atoms with van der Waals surface area (Å²) in [4.78, 5) is 10.5. The van der Waals surface area contributed by atoms with Crippen LogP contribution in [0.4, 0.5) is 34.1 Å². The van der Waals surface area contributed by atoms with Gasteiger partial charge in [-0.3, -0.25) is 4.98 Å². The number of furan rings is 1. The summed E-state index contributed by atoms with van der Waals surface area (Å²) in [6, 6.07) is 77.7. The van der Waals surface area contributed by atoms with Crippen LogP contribution >= 0.6 is 0 Å². The predicted molar refractivity (Wildman–Crippen MR) is 339 cm³/mol. The Bertz CT molecular complexity index is 3870. The molecule has 0 N–H and O–H groups in total. The molecule has 388 valence electrons. The number of anilines is 6. The molecule has 0 spiro atoms. The molecule has 0 fully saturated rings. The van der Waals surface area contributed by atoms with E-state index in [1.165, 1.54) is 32.6 Å². The molecule has 0 unspecified atom stereocenters. The fraction of sp³-hybridized carbons (Fsp3) is 0.208. The minimum absolute atomic E-state index is 0.00694. The molecule has 0 bridgehead atoms. The van der Waals surface area contributed by atoms with E-state index in [-0.39, 0.29) is 10.8 Å². The first kappa shape index (κ1) is 51.0. The molecule has 1 aliphatic carbocycles. The summed E-state index contributed by atoms with van der Waals surface area (Å²) in [6.07, 6.45) is 1.97.